The smallest absolute Gasteiger partial charge is 0.330 e. The number of rotatable bonds is 18. The zero-order valence-corrected chi connectivity index (χ0v) is 30.2. The standard InChI is InChI=1S/C9H30BO27P9/c10-37-39(14,15)2-4(41(19,20)21)6(43(25,26)27)8(45(31,32)33)9(46(34,35)36)7(44(28,29)30)5(42(22,23)24)3(40(16,17)18)1-38(11,12)13/h3-9H,1-2,10H2,(H,14,15)(H2,11,12,13)(H2,16,17,18)(H2,19,20,21)(H2,22,23,24)(H2,25,26,27)(H2,28,29,30)(H2,31,32,33)(H2,34,35,36). The van der Waals surface area contributed by atoms with Crippen molar-refractivity contribution < 1.29 is 129 Å². The molecule has 0 aliphatic heterocycles. The fourth-order valence-electron chi connectivity index (χ4n) is 4.48. The molecule has 0 bridgehead atoms. The van der Waals surface area contributed by atoms with Crippen molar-refractivity contribution in [3.63, 3.8) is 0 Å². The highest BCUT2D eigenvalue weighted by atomic mass is 31.2. The molecule has 0 saturated carbocycles. The van der Waals surface area contributed by atoms with Gasteiger partial charge in [0.2, 0.25) is 0 Å². The summed E-state index contributed by atoms with van der Waals surface area (Å²) in [6, 6.07) is 0. The van der Waals surface area contributed by atoms with Gasteiger partial charge in [-0.05, 0) is 0 Å². The van der Waals surface area contributed by atoms with Gasteiger partial charge in [-0.1, -0.05) is 0 Å². The average Bonchev–Trinajstić information content (AvgIpc) is 2.69. The van der Waals surface area contributed by atoms with Crippen LogP contribution in [0.4, 0.5) is 0 Å². The van der Waals surface area contributed by atoms with E-state index in [1.165, 1.54) is 0 Å². The zero-order chi connectivity index (χ0) is 37.7. The van der Waals surface area contributed by atoms with Gasteiger partial charge in [0, 0.05) is 0 Å². The lowest BCUT2D eigenvalue weighted by Crippen LogP contribution is -2.54. The van der Waals surface area contributed by atoms with Gasteiger partial charge in [0.1, 0.15) is 0 Å². The third-order valence-electron chi connectivity index (χ3n) is 6.12. The highest BCUT2D eigenvalue weighted by molar-refractivity contribution is 7.64. The normalized spacial score (nSPS) is 21.0. The molecule has 8 unspecified atom stereocenters. The summed E-state index contributed by atoms with van der Waals surface area (Å²) in [5.74, 6) is 0. The van der Waals surface area contributed by atoms with Crippen LogP contribution in [0.15, 0.2) is 0 Å². The molecule has 8 atom stereocenters. The van der Waals surface area contributed by atoms with Crippen LogP contribution in [0, 0.1) is 0 Å². The lowest BCUT2D eigenvalue weighted by Gasteiger charge is -2.44. The molecular weight excluding hydrogens is 830 g/mol. The number of hydrogen-bond donors (Lipinski definition) is 17. The molecule has 0 fully saturated rings. The Morgan fingerprint density at radius 1 is 0.370 bits per heavy atom. The van der Waals surface area contributed by atoms with Gasteiger partial charge in [-0.25, -0.2) is 0 Å². The van der Waals surface area contributed by atoms with Crippen molar-refractivity contribution in [1.82, 2.24) is 0 Å². The van der Waals surface area contributed by atoms with Gasteiger partial charge in [0.05, 0.1) is 51.9 Å². The van der Waals surface area contributed by atoms with Crippen LogP contribution in [-0.4, -0.2) is 143 Å². The quantitative estimate of drug-likeness (QED) is 0.0458. The Hall–Kier alpha value is 1.41. The summed E-state index contributed by atoms with van der Waals surface area (Å²) in [5, 5.41) is 0. The predicted octanol–water partition coefficient (Wildman–Crippen LogP) is -4.26. The van der Waals surface area contributed by atoms with Gasteiger partial charge in [0.15, 0.2) is 0 Å². The molecule has 0 spiro atoms. The fourth-order valence-corrected chi connectivity index (χ4v) is 23.3. The van der Waals surface area contributed by atoms with Gasteiger partial charge in [-0.15, -0.1) is 0 Å². The minimum atomic E-state index is -7.16. The first-order chi connectivity index (χ1) is 19.6. The Bertz CT molecular complexity index is 1520. The molecule has 0 radical (unpaired) electrons. The second-order valence-electron chi connectivity index (χ2n) is 9.56. The molecule has 27 nitrogen and oxygen atoms in total. The highest BCUT2D eigenvalue weighted by Crippen LogP contribution is 2.73. The minimum Gasteiger partial charge on any atom is -0.379 e. The Kier molecular flexibility index (Phi) is 15.6. The molecule has 0 rings (SSSR count). The molecule has 0 aromatic carbocycles. The summed E-state index contributed by atoms with van der Waals surface area (Å²) in [4.78, 5) is 168. The largest absolute Gasteiger partial charge is 0.379 e. The SMILES string of the molecule is BOP(=O)(O)CC(C(C(C(C(C(C(CP(=O)(O)O)P(=O)(O)O)P(=O)(O)O)P(=O)(O)O)P(=O)(O)O)P(=O)(O)O)P(=O)(O)O)P(=O)(O)O. The molecule has 0 aliphatic carbocycles. The van der Waals surface area contributed by atoms with E-state index in [0.29, 0.717) is 8.05 Å². The number of hydrogen-bond acceptors (Lipinski definition) is 10. The summed E-state index contributed by atoms with van der Waals surface area (Å²) in [6.45, 7) is 0. The molecule has 0 heterocycles. The van der Waals surface area contributed by atoms with Crippen LogP contribution in [0.5, 0.6) is 0 Å². The molecule has 0 amide bonds. The van der Waals surface area contributed by atoms with Crippen molar-refractivity contribution in [2.45, 2.75) is 39.6 Å². The Morgan fingerprint density at radius 2 is 0.587 bits per heavy atom. The highest BCUT2D eigenvalue weighted by Gasteiger charge is 2.69. The van der Waals surface area contributed by atoms with Crippen molar-refractivity contribution >= 4 is 76.4 Å². The fraction of sp³-hybridized carbons (Fsp3) is 1.00. The van der Waals surface area contributed by atoms with Gasteiger partial charge in [-0.2, -0.15) is 0 Å². The molecule has 37 heteroatoms. The van der Waals surface area contributed by atoms with E-state index >= 15 is 0 Å². The monoisotopic (exact) mass is 860 g/mol. The van der Waals surface area contributed by atoms with Gasteiger partial charge >= 0.3 is 68.4 Å². The van der Waals surface area contributed by atoms with E-state index < -0.39 is 120 Å². The second-order valence-corrected chi connectivity index (χ2v) is 25.8. The van der Waals surface area contributed by atoms with E-state index in [1.807, 2.05) is 0 Å². The molecule has 0 aromatic heterocycles. The molecule has 46 heavy (non-hydrogen) atoms. The van der Waals surface area contributed by atoms with E-state index in [1.54, 1.807) is 0 Å². The van der Waals surface area contributed by atoms with Crippen LogP contribution >= 0.6 is 68.4 Å². The second kappa shape index (κ2) is 15.2. The van der Waals surface area contributed by atoms with Crippen LogP contribution in [-0.2, 0) is 45.5 Å². The van der Waals surface area contributed by atoms with Crippen molar-refractivity contribution in [2.75, 3.05) is 12.3 Å². The van der Waals surface area contributed by atoms with Crippen molar-refractivity contribution in [3.8, 4) is 0 Å². The molecule has 276 valence electrons. The molecule has 17 N–H and O–H groups in total. The summed E-state index contributed by atoms with van der Waals surface area (Å²) in [6.07, 6.45) is -4.73. The van der Waals surface area contributed by atoms with E-state index in [-0.39, 0.29) is 0 Å². The van der Waals surface area contributed by atoms with Crippen LogP contribution in [0.2, 0.25) is 0 Å². The zero-order valence-electron chi connectivity index (χ0n) is 22.2. The summed E-state index contributed by atoms with van der Waals surface area (Å²) < 4.78 is 116. The molecule has 0 aromatic rings. The van der Waals surface area contributed by atoms with E-state index in [4.69, 9.17) is 0 Å². The van der Waals surface area contributed by atoms with Gasteiger partial charge < -0.3 is 87.6 Å². The maximum atomic E-state index is 12.8. The Morgan fingerprint density at radius 3 is 0.761 bits per heavy atom. The summed E-state index contributed by atoms with van der Waals surface area (Å²) in [5.41, 5.74) is -28.9. The van der Waals surface area contributed by atoms with Gasteiger partial charge in [0.25, 0.3) is 8.05 Å². The van der Waals surface area contributed by atoms with Crippen LogP contribution in [0.1, 0.15) is 0 Å². The minimum absolute atomic E-state index is 0.348. The van der Waals surface area contributed by atoms with Crippen molar-refractivity contribution in [3.05, 3.63) is 0 Å². The van der Waals surface area contributed by atoms with Crippen LogP contribution < -0.4 is 0 Å². The third kappa shape index (κ3) is 13.9. The van der Waals surface area contributed by atoms with E-state index in [0.717, 1.165) is 0 Å². The third-order valence-corrected chi connectivity index (χ3v) is 20.3. The molecular formula is C9H30BO27P9. The molecule has 0 saturated heterocycles. The first kappa shape index (κ1) is 47.4. The predicted molar refractivity (Wildman–Crippen MR) is 152 cm³/mol. The first-order valence-electron chi connectivity index (χ1n) is 10.9. The Labute approximate surface area is 257 Å². The van der Waals surface area contributed by atoms with E-state index in [9.17, 15) is 124 Å². The van der Waals surface area contributed by atoms with Crippen molar-refractivity contribution in [2.24, 2.45) is 0 Å². The van der Waals surface area contributed by atoms with Gasteiger partial charge in [-0.3, -0.25) is 41.1 Å². The topological polar surface area (TPSA) is 507 Å². The van der Waals surface area contributed by atoms with Crippen molar-refractivity contribution in [1.29, 1.82) is 0 Å². The maximum absolute atomic E-state index is 12.8. The lowest BCUT2D eigenvalue weighted by atomic mass is 10.1. The average molecular weight is 860 g/mol. The van der Waals surface area contributed by atoms with Crippen LogP contribution in [0.25, 0.3) is 0 Å². The van der Waals surface area contributed by atoms with Crippen LogP contribution in [0.3, 0.4) is 0 Å². The van der Waals surface area contributed by atoms with E-state index in [2.05, 4.69) is 4.44 Å². The molecule has 0 aliphatic rings. The maximum Gasteiger partial charge on any atom is 0.330 e. The summed E-state index contributed by atoms with van der Waals surface area (Å²) >= 11 is 0. The first-order valence-corrected chi connectivity index (χ1v) is 26.2. The Balaban J connectivity index is 8.77. The lowest BCUT2D eigenvalue weighted by molar-refractivity contribution is 0.275. The summed E-state index contributed by atoms with van der Waals surface area (Å²) in [7, 11) is -59.5.